The Morgan fingerprint density at radius 3 is 1.93 bits per heavy atom. The average molecular weight is 769 g/mol. The second kappa shape index (κ2) is 12.6. The predicted molar refractivity (Wildman–Crippen MR) is 242 cm³/mol. The molecule has 0 unspecified atom stereocenters. The van der Waals surface area contributed by atoms with Crippen molar-refractivity contribution in [2.75, 3.05) is 0 Å². The first-order chi connectivity index (χ1) is 29.8. The van der Waals surface area contributed by atoms with Gasteiger partial charge in [0.05, 0.1) is 16.7 Å². The van der Waals surface area contributed by atoms with Crippen LogP contribution in [0.15, 0.2) is 199 Å². The maximum Gasteiger partial charge on any atom is 0.180 e. The van der Waals surface area contributed by atoms with Gasteiger partial charge in [-0.2, -0.15) is 0 Å². The lowest BCUT2D eigenvalue weighted by molar-refractivity contribution is 0.476. The summed E-state index contributed by atoms with van der Waals surface area (Å²) in [5.41, 5.74) is 14.9. The molecule has 0 aliphatic carbocycles. The largest absolute Gasteiger partial charge is 0.453 e. The van der Waals surface area contributed by atoms with Crippen molar-refractivity contribution in [3.63, 3.8) is 0 Å². The molecule has 0 atom stereocenters. The normalized spacial score (nSPS) is 12.1. The van der Waals surface area contributed by atoms with Gasteiger partial charge in [-0.3, -0.25) is 9.13 Å². The molecule has 0 spiro atoms. The number of furan rings is 1. The van der Waals surface area contributed by atoms with Crippen LogP contribution in [0, 0.1) is 0 Å². The van der Waals surface area contributed by atoms with E-state index in [0.29, 0.717) is 11.4 Å². The third kappa shape index (κ3) is 4.76. The van der Waals surface area contributed by atoms with E-state index < -0.39 is 0 Å². The Labute approximate surface area is 343 Å². The molecule has 8 aromatic carbocycles. The van der Waals surface area contributed by atoms with E-state index in [-0.39, 0.29) is 0 Å². The standard InChI is InChI=1S/C54H32N4O2/c1-3-13-33(14-4-1)34-25-29-36(30-26-34)49-52-50(40-17-7-9-22-44(40)60-52)56-53(55-49)37-31-27-35(28-32-37)39-18-11-21-43-47(39)48-41-19-12-24-46-51(41)58(42-20-8-10-23-45(42)59-46)54(48)57(43)38-15-5-2-6-16-38/h1-32H. The van der Waals surface area contributed by atoms with Crippen molar-refractivity contribution in [1.82, 2.24) is 19.1 Å². The molecule has 0 fully saturated rings. The molecule has 5 heterocycles. The molecule has 13 rings (SSSR count). The second-order valence-electron chi connectivity index (χ2n) is 15.3. The van der Waals surface area contributed by atoms with Gasteiger partial charge in [0.2, 0.25) is 0 Å². The fraction of sp³-hybridized carbons (Fsp3) is 0. The van der Waals surface area contributed by atoms with Gasteiger partial charge in [-0.15, -0.1) is 0 Å². The Hall–Kier alpha value is -8.22. The third-order valence-corrected chi connectivity index (χ3v) is 12.0. The Bertz CT molecular complexity index is 3660. The van der Waals surface area contributed by atoms with E-state index in [1.807, 2.05) is 36.4 Å². The zero-order valence-corrected chi connectivity index (χ0v) is 32.1. The number of nitrogens with zero attached hydrogens (tertiary/aromatic N) is 4. The van der Waals surface area contributed by atoms with Crippen LogP contribution >= 0.6 is 0 Å². The monoisotopic (exact) mass is 768 g/mol. The van der Waals surface area contributed by atoms with Crippen LogP contribution in [0.3, 0.4) is 0 Å². The van der Waals surface area contributed by atoms with E-state index in [9.17, 15) is 0 Å². The molecule has 6 nitrogen and oxygen atoms in total. The summed E-state index contributed by atoms with van der Waals surface area (Å²) >= 11 is 0. The highest BCUT2D eigenvalue weighted by Crippen LogP contribution is 2.50. The van der Waals surface area contributed by atoms with Crippen LogP contribution in [0.5, 0.6) is 11.5 Å². The summed E-state index contributed by atoms with van der Waals surface area (Å²) in [7, 11) is 0. The van der Waals surface area contributed by atoms with E-state index in [4.69, 9.17) is 19.1 Å². The first-order valence-electron chi connectivity index (χ1n) is 20.2. The van der Waals surface area contributed by atoms with Crippen LogP contribution in [0.4, 0.5) is 0 Å². The van der Waals surface area contributed by atoms with Gasteiger partial charge >= 0.3 is 0 Å². The van der Waals surface area contributed by atoms with Crippen LogP contribution < -0.4 is 4.74 Å². The van der Waals surface area contributed by atoms with Crippen molar-refractivity contribution >= 4 is 54.9 Å². The maximum atomic E-state index is 6.53. The number of para-hydroxylation sites is 5. The zero-order valence-electron chi connectivity index (χ0n) is 32.1. The number of ether oxygens (including phenoxy) is 1. The van der Waals surface area contributed by atoms with Gasteiger partial charge in [0.15, 0.2) is 22.9 Å². The van der Waals surface area contributed by atoms with E-state index in [0.717, 1.165) is 94.9 Å². The molecule has 0 amide bonds. The van der Waals surface area contributed by atoms with Gasteiger partial charge in [0.1, 0.15) is 22.4 Å². The maximum absolute atomic E-state index is 6.53. The van der Waals surface area contributed by atoms with Gasteiger partial charge in [0, 0.05) is 38.4 Å². The number of rotatable bonds is 5. The molecule has 6 heteroatoms. The van der Waals surface area contributed by atoms with Crippen LogP contribution in [0.2, 0.25) is 0 Å². The van der Waals surface area contributed by atoms with Crippen LogP contribution in [-0.2, 0) is 0 Å². The lowest BCUT2D eigenvalue weighted by Crippen LogP contribution is -2.06. The van der Waals surface area contributed by atoms with Crippen molar-refractivity contribution < 1.29 is 9.15 Å². The first kappa shape index (κ1) is 32.8. The van der Waals surface area contributed by atoms with Gasteiger partial charge in [-0.1, -0.05) is 146 Å². The highest BCUT2D eigenvalue weighted by Gasteiger charge is 2.29. The second-order valence-corrected chi connectivity index (χ2v) is 15.3. The molecule has 0 saturated heterocycles. The highest BCUT2D eigenvalue weighted by molar-refractivity contribution is 6.27. The van der Waals surface area contributed by atoms with Crippen LogP contribution in [0.1, 0.15) is 0 Å². The third-order valence-electron chi connectivity index (χ3n) is 12.0. The number of hydrogen-bond donors (Lipinski definition) is 0. The molecule has 60 heavy (non-hydrogen) atoms. The van der Waals surface area contributed by atoms with Gasteiger partial charge in [-0.05, 0) is 70.8 Å². The summed E-state index contributed by atoms with van der Waals surface area (Å²) in [4.78, 5) is 10.4. The van der Waals surface area contributed by atoms with Gasteiger partial charge < -0.3 is 9.15 Å². The van der Waals surface area contributed by atoms with Crippen molar-refractivity contribution in [1.29, 1.82) is 0 Å². The van der Waals surface area contributed by atoms with Gasteiger partial charge in [-0.25, -0.2) is 9.97 Å². The molecule has 0 saturated carbocycles. The number of hydrogen-bond acceptors (Lipinski definition) is 4. The van der Waals surface area contributed by atoms with E-state index >= 15 is 0 Å². The van der Waals surface area contributed by atoms with Crippen LogP contribution in [0.25, 0.3) is 111 Å². The Kier molecular flexibility index (Phi) is 6.91. The Morgan fingerprint density at radius 2 is 1.08 bits per heavy atom. The quantitative estimate of drug-likeness (QED) is 0.175. The molecule has 0 bridgehead atoms. The fourth-order valence-corrected chi connectivity index (χ4v) is 9.26. The molecule has 4 aromatic heterocycles. The SMILES string of the molecule is c1ccc(-c2ccc(-c3nc(-c4ccc(-c5cccc6c5c5c7cccc8c7n(c5n6-c5ccccc5)-c5ccccc5O8)cc4)nc4c3oc3ccccc34)cc2)cc1. The summed E-state index contributed by atoms with van der Waals surface area (Å²) in [5.74, 6) is 2.34. The molecular weight excluding hydrogens is 737 g/mol. The molecule has 0 radical (unpaired) electrons. The minimum atomic E-state index is 0.645. The predicted octanol–water partition coefficient (Wildman–Crippen LogP) is 14.2. The smallest absolute Gasteiger partial charge is 0.180 e. The minimum Gasteiger partial charge on any atom is -0.453 e. The van der Waals surface area contributed by atoms with Crippen molar-refractivity contribution in [2.45, 2.75) is 0 Å². The minimum absolute atomic E-state index is 0.645. The zero-order chi connectivity index (χ0) is 39.3. The summed E-state index contributed by atoms with van der Waals surface area (Å²) in [6.45, 7) is 0. The molecule has 1 aliphatic rings. The lowest BCUT2D eigenvalue weighted by atomic mass is 9.98. The summed E-state index contributed by atoms with van der Waals surface area (Å²) in [6, 6.07) is 67.7. The Balaban J connectivity index is 1.00. The molecule has 12 aromatic rings. The fourth-order valence-electron chi connectivity index (χ4n) is 9.26. The van der Waals surface area contributed by atoms with E-state index in [2.05, 4.69) is 167 Å². The molecule has 1 aliphatic heterocycles. The average Bonchev–Trinajstić information content (AvgIpc) is 3.98. The van der Waals surface area contributed by atoms with Gasteiger partial charge in [0.25, 0.3) is 0 Å². The number of fused-ring (bicyclic) bond motifs is 10. The van der Waals surface area contributed by atoms with Crippen molar-refractivity contribution in [3.05, 3.63) is 194 Å². The summed E-state index contributed by atoms with van der Waals surface area (Å²) in [5, 5.41) is 4.49. The van der Waals surface area contributed by atoms with Crippen LogP contribution in [-0.4, -0.2) is 19.1 Å². The summed E-state index contributed by atoms with van der Waals surface area (Å²) in [6.07, 6.45) is 0. The lowest BCUT2D eigenvalue weighted by Gasteiger charge is -2.21. The Morgan fingerprint density at radius 1 is 0.433 bits per heavy atom. The molecule has 0 N–H and O–H groups in total. The molecule has 280 valence electrons. The highest BCUT2D eigenvalue weighted by atomic mass is 16.5. The molecular formula is C54H32N4O2. The van der Waals surface area contributed by atoms with E-state index in [1.54, 1.807) is 0 Å². The first-order valence-corrected chi connectivity index (χ1v) is 20.2. The summed E-state index contributed by atoms with van der Waals surface area (Å²) < 4.78 is 17.8. The number of aromatic nitrogens is 4. The van der Waals surface area contributed by atoms with Crippen molar-refractivity contribution in [2.24, 2.45) is 0 Å². The van der Waals surface area contributed by atoms with E-state index in [1.165, 1.54) is 16.3 Å². The topological polar surface area (TPSA) is 58.0 Å². The number of benzene rings is 8. The van der Waals surface area contributed by atoms with Crippen molar-refractivity contribution in [3.8, 4) is 67.8 Å².